The Hall–Kier alpha value is -3.86. The zero-order valence-corrected chi connectivity index (χ0v) is 18.1. The van der Waals surface area contributed by atoms with Crippen molar-refractivity contribution < 1.29 is 15.0 Å². The second-order valence-corrected chi connectivity index (χ2v) is 8.41. The third-order valence-electron chi connectivity index (χ3n) is 6.17. The summed E-state index contributed by atoms with van der Waals surface area (Å²) in [5.74, 6) is -0.562. The second-order valence-electron chi connectivity index (χ2n) is 8.41. The molecule has 5 heteroatoms. The van der Waals surface area contributed by atoms with Gasteiger partial charge in [-0.25, -0.2) is 4.98 Å². The summed E-state index contributed by atoms with van der Waals surface area (Å²) in [6, 6.07) is 18.6. The molecule has 160 valence electrons. The van der Waals surface area contributed by atoms with E-state index in [0.29, 0.717) is 6.54 Å². The molecule has 3 aromatic carbocycles. The minimum absolute atomic E-state index is 0.0729. The molecule has 1 aromatic heterocycles. The average molecular weight is 425 g/mol. The van der Waals surface area contributed by atoms with Crippen LogP contribution in [0.4, 0.5) is 5.69 Å². The highest BCUT2D eigenvalue weighted by molar-refractivity contribution is 6.08. The van der Waals surface area contributed by atoms with Crippen LogP contribution in [0.5, 0.6) is 11.5 Å². The number of nitrogens with zero attached hydrogens (tertiary/aromatic N) is 2. The van der Waals surface area contributed by atoms with Gasteiger partial charge in [-0.15, -0.1) is 0 Å². The van der Waals surface area contributed by atoms with Gasteiger partial charge in [0.05, 0.1) is 16.8 Å². The number of amides is 1. The number of para-hydroxylation sites is 1. The number of pyridine rings is 1. The van der Waals surface area contributed by atoms with E-state index in [1.807, 2.05) is 12.1 Å². The van der Waals surface area contributed by atoms with Crippen molar-refractivity contribution in [3.8, 4) is 22.8 Å². The Morgan fingerprint density at radius 1 is 0.969 bits per heavy atom. The highest BCUT2D eigenvalue weighted by Gasteiger charge is 2.26. The Balaban J connectivity index is 1.55. The Morgan fingerprint density at radius 3 is 2.62 bits per heavy atom. The number of rotatable bonds is 2. The number of phenolic OH excluding ortho intramolecular Hbond substituents is 2. The summed E-state index contributed by atoms with van der Waals surface area (Å²) < 4.78 is 0. The highest BCUT2D eigenvalue weighted by atomic mass is 16.3. The van der Waals surface area contributed by atoms with Crippen molar-refractivity contribution >= 4 is 22.5 Å². The van der Waals surface area contributed by atoms with Crippen molar-refractivity contribution in [2.75, 3.05) is 11.4 Å². The molecular weight excluding hydrogens is 400 g/mol. The summed E-state index contributed by atoms with van der Waals surface area (Å²) in [7, 11) is 0. The van der Waals surface area contributed by atoms with E-state index < -0.39 is 0 Å². The summed E-state index contributed by atoms with van der Waals surface area (Å²) >= 11 is 0. The number of fused-ring (bicyclic) bond motifs is 2. The van der Waals surface area contributed by atoms with Crippen LogP contribution in [0, 0.1) is 13.8 Å². The number of hydrogen-bond donors (Lipinski definition) is 2. The molecule has 2 heterocycles. The van der Waals surface area contributed by atoms with Crippen LogP contribution in [0.2, 0.25) is 0 Å². The first-order valence-electron chi connectivity index (χ1n) is 10.8. The summed E-state index contributed by atoms with van der Waals surface area (Å²) in [6.45, 7) is 4.73. The van der Waals surface area contributed by atoms with Gasteiger partial charge in [-0.1, -0.05) is 24.3 Å². The largest absolute Gasteiger partial charge is 0.508 e. The van der Waals surface area contributed by atoms with Gasteiger partial charge in [0.1, 0.15) is 11.5 Å². The molecule has 1 aliphatic rings. The molecule has 0 saturated heterocycles. The van der Waals surface area contributed by atoms with Gasteiger partial charge in [-0.2, -0.15) is 0 Å². The van der Waals surface area contributed by atoms with Gasteiger partial charge in [0.25, 0.3) is 5.91 Å². The lowest BCUT2D eigenvalue weighted by atomic mass is 9.95. The van der Waals surface area contributed by atoms with Crippen LogP contribution in [-0.4, -0.2) is 27.6 Å². The third kappa shape index (κ3) is 3.36. The van der Waals surface area contributed by atoms with Gasteiger partial charge >= 0.3 is 0 Å². The van der Waals surface area contributed by atoms with E-state index in [1.165, 1.54) is 18.2 Å². The molecule has 5 rings (SSSR count). The van der Waals surface area contributed by atoms with Crippen molar-refractivity contribution in [1.82, 2.24) is 4.98 Å². The minimum Gasteiger partial charge on any atom is -0.508 e. The first kappa shape index (κ1) is 20.1. The van der Waals surface area contributed by atoms with Crippen molar-refractivity contribution in [3.63, 3.8) is 0 Å². The molecular formula is C27H24N2O3. The van der Waals surface area contributed by atoms with Crippen LogP contribution in [-0.2, 0) is 6.42 Å². The van der Waals surface area contributed by atoms with Crippen LogP contribution in [0.25, 0.3) is 22.2 Å². The first-order chi connectivity index (χ1) is 15.4. The normalized spacial score (nSPS) is 13.2. The Labute approximate surface area is 186 Å². The first-order valence-corrected chi connectivity index (χ1v) is 10.8. The van der Waals surface area contributed by atoms with Gasteiger partial charge in [0.2, 0.25) is 0 Å². The van der Waals surface area contributed by atoms with E-state index in [2.05, 4.69) is 44.2 Å². The van der Waals surface area contributed by atoms with Crippen molar-refractivity contribution in [3.05, 3.63) is 82.9 Å². The van der Waals surface area contributed by atoms with Gasteiger partial charge < -0.3 is 15.1 Å². The number of anilines is 1. The van der Waals surface area contributed by atoms with Crippen LogP contribution in [0.3, 0.4) is 0 Å². The molecule has 0 atom stereocenters. The number of phenols is 2. The smallest absolute Gasteiger partial charge is 0.262 e. The molecule has 1 aliphatic heterocycles. The quantitative estimate of drug-likeness (QED) is 0.444. The van der Waals surface area contributed by atoms with Crippen LogP contribution >= 0.6 is 0 Å². The minimum atomic E-state index is -0.271. The molecule has 0 bridgehead atoms. The molecule has 1 amide bonds. The number of benzene rings is 3. The van der Waals surface area contributed by atoms with Gasteiger partial charge in [-0.05, 0) is 73.7 Å². The maximum atomic E-state index is 13.2. The molecule has 0 unspecified atom stereocenters. The second kappa shape index (κ2) is 7.68. The van der Waals surface area contributed by atoms with Gasteiger partial charge in [0, 0.05) is 29.2 Å². The third-order valence-corrected chi connectivity index (χ3v) is 6.17. The number of aromatic hydroxyl groups is 2. The maximum Gasteiger partial charge on any atom is 0.262 e. The van der Waals surface area contributed by atoms with Gasteiger partial charge in [0.15, 0.2) is 0 Å². The van der Waals surface area contributed by atoms with Crippen LogP contribution in [0.1, 0.15) is 33.5 Å². The highest BCUT2D eigenvalue weighted by Crippen LogP contribution is 2.35. The average Bonchev–Trinajstić information content (AvgIpc) is 2.78. The monoisotopic (exact) mass is 424 g/mol. The van der Waals surface area contributed by atoms with Crippen molar-refractivity contribution in [1.29, 1.82) is 0 Å². The number of carbonyl (C=O) groups excluding carboxylic acids is 1. The zero-order chi connectivity index (χ0) is 22.4. The van der Waals surface area contributed by atoms with Crippen LogP contribution in [0.15, 0.2) is 60.7 Å². The predicted octanol–water partition coefficient (Wildman–Crippen LogP) is 5.52. The Bertz CT molecular complexity index is 1380. The van der Waals surface area contributed by atoms with Crippen LogP contribution < -0.4 is 4.90 Å². The number of hydrogen-bond acceptors (Lipinski definition) is 4. The topological polar surface area (TPSA) is 73.7 Å². The molecule has 4 aromatic rings. The van der Waals surface area contributed by atoms with Crippen molar-refractivity contribution in [2.24, 2.45) is 0 Å². The fraction of sp³-hybridized carbons (Fsp3) is 0.185. The number of carbonyl (C=O) groups is 1. The summed E-state index contributed by atoms with van der Waals surface area (Å²) in [4.78, 5) is 19.8. The summed E-state index contributed by atoms with van der Waals surface area (Å²) in [6.07, 6.45) is 1.71. The summed E-state index contributed by atoms with van der Waals surface area (Å²) in [5, 5.41) is 20.8. The standard InChI is InChI=1S/C27H24N2O3/c1-16-5-3-6-19-13-17(2)26(28-25(16)19)20-8-11-23-18(14-20)7-4-12-29(23)27(32)22-10-9-21(30)15-24(22)31/h3,5-6,8-11,13-15,30-31H,4,7,12H2,1-2H3. The SMILES string of the molecule is Cc1cc2cccc(C)c2nc1-c1ccc2c(c1)CCCN2C(=O)c1ccc(O)cc1O. The molecule has 5 nitrogen and oxygen atoms in total. The fourth-order valence-corrected chi connectivity index (χ4v) is 4.55. The molecule has 0 radical (unpaired) electrons. The molecule has 0 fully saturated rings. The lowest BCUT2D eigenvalue weighted by Crippen LogP contribution is -2.35. The zero-order valence-electron chi connectivity index (χ0n) is 18.1. The maximum absolute atomic E-state index is 13.2. The fourth-order valence-electron chi connectivity index (χ4n) is 4.55. The van der Waals surface area contributed by atoms with E-state index in [0.717, 1.165) is 57.4 Å². The van der Waals surface area contributed by atoms with E-state index in [-0.39, 0.29) is 23.0 Å². The summed E-state index contributed by atoms with van der Waals surface area (Å²) in [5.41, 5.74) is 7.38. The molecule has 0 aliphatic carbocycles. The van der Waals surface area contributed by atoms with E-state index in [4.69, 9.17) is 4.98 Å². The molecule has 2 N–H and O–H groups in total. The lowest BCUT2D eigenvalue weighted by Gasteiger charge is -2.30. The molecule has 32 heavy (non-hydrogen) atoms. The Morgan fingerprint density at radius 2 is 1.81 bits per heavy atom. The van der Waals surface area contributed by atoms with E-state index >= 15 is 0 Å². The van der Waals surface area contributed by atoms with E-state index in [9.17, 15) is 15.0 Å². The predicted molar refractivity (Wildman–Crippen MR) is 126 cm³/mol. The lowest BCUT2D eigenvalue weighted by molar-refractivity contribution is 0.0982. The molecule has 0 spiro atoms. The van der Waals surface area contributed by atoms with E-state index in [1.54, 1.807) is 4.90 Å². The van der Waals surface area contributed by atoms with Crippen molar-refractivity contribution in [2.45, 2.75) is 26.7 Å². The molecule has 0 saturated carbocycles. The Kier molecular flexibility index (Phi) is 4.82. The van der Waals surface area contributed by atoms with Gasteiger partial charge in [-0.3, -0.25) is 4.79 Å². The number of aryl methyl sites for hydroxylation is 3. The number of aromatic nitrogens is 1.